The highest BCUT2D eigenvalue weighted by molar-refractivity contribution is 6.42. The summed E-state index contributed by atoms with van der Waals surface area (Å²) in [6.45, 7) is 6.90. The number of esters is 1. The van der Waals surface area contributed by atoms with E-state index in [0.717, 1.165) is 25.9 Å². The lowest BCUT2D eigenvalue weighted by molar-refractivity contribution is -0.139. The lowest BCUT2D eigenvalue weighted by atomic mass is 9.93. The lowest BCUT2D eigenvalue weighted by Crippen LogP contribution is -2.52. The highest BCUT2D eigenvalue weighted by atomic mass is 35.5. The third-order valence-electron chi connectivity index (χ3n) is 6.24. The molecule has 3 rings (SSSR count). The van der Waals surface area contributed by atoms with Crippen molar-refractivity contribution in [2.75, 3.05) is 46.9 Å². The monoisotopic (exact) mass is 482 g/mol. The van der Waals surface area contributed by atoms with Crippen LogP contribution in [0, 0.1) is 0 Å². The van der Waals surface area contributed by atoms with E-state index in [1.807, 2.05) is 6.92 Å². The minimum atomic E-state index is -0.667. The van der Waals surface area contributed by atoms with Crippen molar-refractivity contribution in [3.8, 4) is 0 Å². The topological polar surface area (TPSA) is 65.1 Å². The largest absolute Gasteiger partial charge is 0.463 e. The van der Waals surface area contributed by atoms with Gasteiger partial charge in [0.25, 0.3) is 0 Å². The normalized spacial score (nSPS) is 20.7. The van der Waals surface area contributed by atoms with Gasteiger partial charge in [-0.25, -0.2) is 9.59 Å². The van der Waals surface area contributed by atoms with Crippen LogP contribution in [0.5, 0.6) is 0 Å². The standard InChI is InChI=1S/C23H32Cl2N4O3/c1-5-29-19(14-28(4)16-9-11-27(3)12-10-16)20(22(30)32-6-2)21(26-23(29)31)15-7-8-17(24)18(25)13-15/h7-8,13,16,21H,5-6,9-12,14H2,1-4H3,(H,26,31). The Balaban J connectivity index is 2.04. The zero-order valence-electron chi connectivity index (χ0n) is 19.2. The van der Waals surface area contributed by atoms with Crippen molar-refractivity contribution < 1.29 is 14.3 Å². The number of piperidine rings is 1. The summed E-state index contributed by atoms with van der Waals surface area (Å²) in [5.41, 5.74) is 1.80. The zero-order valence-corrected chi connectivity index (χ0v) is 20.7. The molecule has 1 atom stereocenters. The summed E-state index contributed by atoms with van der Waals surface area (Å²) in [5.74, 6) is -0.436. The molecule has 1 unspecified atom stereocenters. The highest BCUT2D eigenvalue weighted by Gasteiger charge is 2.38. The molecule has 1 N–H and O–H groups in total. The smallest absolute Gasteiger partial charge is 0.338 e. The number of carbonyl (C=O) groups is 2. The molecule has 7 nitrogen and oxygen atoms in total. The van der Waals surface area contributed by atoms with E-state index >= 15 is 0 Å². The van der Waals surface area contributed by atoms with Gasteiger partial charge in [-0.1, -0.05) is 29.3 Å². The first kappa shape index (κ1) is 24.8. The molecule has 9 heteroatoms. The van der Waals surface area contributed by atoms with E-state index < -0.39 is 12.0 Å². The first-order valence-electron chi connectivity index (χ1n) is 11.1. The van der Waals surface area contributed by atoms with Crippen LogP contribution in [0.15, 0.2) is 29.5 Å². The average molecular weight is 483 g/mol. The Bertz CT molecular complexity index is 884. The third kappa shape index (κ3) is 5.39. The van der Waals surface area contributed by atoms with Gasteiger partial charge in [0.05, 0.1) is 28.3 Å². The number of amides is 2. The maximum Gasteiger partial charge on any atom is 0.338 e. The number of nitrogens with zero attached hydrogens (tertiary/aromatic N) is 3. The summed E-state index contributed by atoms with van der Waals surface area (Å²) >= 11 is 12.3. The summed E-state index contributed by atoms with van der Waals surface area (Å²) in [6, 6.07) is 4.61. The van der Waals surface area contributed by atoms with Crippen LogP contribution in [0.3, 0.4) is 0 Å². The quantitative estimate of drug-likeness (QED) is 0.596. The van der Waals surface area contributed by atoms with Gasteiger partial charge in [-0.2, -0.15) is 0 Å². The molecule has 176 valence electrons. The van der Waals surface area contributed by atoms with Crippen LogP contribution in [0.2, 0.25) is 10.0 Å². The van der Waals surface area contributed by atoms with Gasteiger partial charge in [0.15, 0.2) is 0 Å². The van der Waals surface area contributed by atoms with Crippen molar-refractivity contribution in [2.24, 2.45) is 0 Å². The molecule has 1 fully saturated rings. The van der Waals surface area contributed by atoms with Crippen molar-refractivity contribution in [3.05, 3.63) is 45.1 Å². The van der Waals surface area contributed by atoms with E-state index in [4.69, 9.17) is 27.9 Å². The number of carbonyl (C=O) groups excluding carboxylic acids is 2. The van der Waals surface area contributed by atoms with E-state index in [1.165, 1.54) is 0 Å². The second-order valence-electron chi connectivity index (χ2n) is 8.33. The van der Waals surface area contributed by atoms with Gasteiger partial charge in [0.1, 0.15) is 0 Å². The number of likely N-dealkylation sites (tertiary alicyclic amines) is 1. The molecule has 0 radical (unpaired) electrons. The Hall–Kier alpha value is -1.80. The van der Waals surface area contributed by atoms with Crippen LogP contribution in [-0.4, -0.2) is 79.6 Å². The van der Waals surface area contributed by atoms with Crippen molar-refractivity contribution in [2.45, 2.75) is 38.8 Å². The molecular formula is C23H32Cl2N4O3. The molecule has 0 aromatic heterocycles. The molecule has 1 aromatic carbocycles. The van der Waals surface area contributed by atoms with Crippen LogP contribution in [0.1, 0.15) is 38.3 Å². The summed E-state index contributed by atoms with van der Waals surface area (Å²) in [4.78, 5) is 32.4. The lowest BCUT2D eigenvalue weighted by Gasteiger charge is -2.40. The molecule has 2 heterocycles. The second kappa shape index (κ2) is 10.9. The second-order valence-corrected chi connectivity index (χ2v) is 9.15. The SMILES string of the molecule is CCOC(=O)C1=C(CN(C)C2CCN(C)CC2)N(CC)C(=O)NC1c1ccc(Cl)c(Cl)c1. The predicted octanol–water partition coefficient (Wildman–Crippen LogP) is 3.92. The van der Waals surface area contributed by atoms with E-state index in [0.29, 0.717) is 46.0 Å². The Morgan fingerprint density at radius 2 is 1.91 bits per heavy atom. The molecule has 1 saturated heterocycles. The average Bonchev–Trinajstić information content (AvgIpc) is 2.76. The van der Waals surface area contributed by atoms with Crippen molar-refractivity contribution in [1.29, 1.82) is 0 Å². The number of hydrogen-bond acceptors (Lipinski definition) is 5. The molecule has 2 aliphatic heterocycles. The number of ether oxygens (including phenoxy) is 1. The third-order valence-corrected chi connectivity index (χ3v) is 6.98. The van der Waals surface area contributed by atoms with Crippen LogP contribution < -0.4 is 5.32 Å². The summed E-state index contributed by atoms with van der Waals surface area (Å²) < 4.78 is 5.43. The molecule has 0 saturated carbocycles. The fourth-order valence-corrected chi connectivity index (χ4v) is 4.71. The number of benzene rings is 1. The van der Waals surface area contributed by atoms with Crippen LogP contribution in [0.25, 0.3) is 0 Å². The van der Waals surface area contributed by atoms with Gasteiger partial charge in [-0.15, -0.1) is 0 Å². The van der Waals surface area contributed by atoms with Gasteiger partial charge in [-0.05, 0) is 71.6 Å². The van der Waals surface area contributed by atoms with Crippen molar-refractivity contribution >= 4 is 35.2 Å². The molecule has 0 bridgehead atoms. The van der Waals surface area contributed by atoms with E-state index in [9.17, 15) is 9.59 Å². The van der Waals surface area contributed by atoms with Gasteiger partial charge < -0.3 is 15.0 Å². The van der Waals surface area contributed by atoms with Crippen LogP contribution in [0.4, 0.5) is 4.79 Å². The number of rotatable bonds is 7. The maximum absolute atomic E-state index is 13.2. The van der Waals surface area contributed by atoms with E-state index in [1.54, 1.807) is 30.0 Å². The molecule has 0 aliphatic carbocycles. The fraction of sp³-hybridized carbons (Fsp3) is 0.565. The minimum Gasteiger partial charge on any atom is -0.463 e. The van der Waals surface area contributed by atoms with E-state index in [2.05, 4.69) is 29.2 Å². The van der Waals surface area contributed by atoms with Gasteiger partial charge in [0.2, 0.25) is 0 Å². The molecule has 0 spiro atoms. The number of nitrogens with one attached hydrogen (secondary N) is 1. The molecular weight excluding hydrogens is 451 g/mol. The first-order chi connectivity index (χ1) is 15.3. The number of likely N-dealkylation sites (N-methyl/N-ethyl adjacent to an activating group) is 2. The number of halogens is 2. The molecule has 32 heavy (non-hydrogen) atoms. The van der Waals surface area contributed by atoms with E-state index in [-0.39, 0.29) is 12.6 Å². The minimum absolute atomic E-state index is 0.245. The number of hydrogen-bond donors (Lipinski definition) is 1. The molecule has 2 amide bonds. The van der Waals surface area contributed by atoms with Gasteiger partial charge in [0, 0.05) is 24.8 Å². The Morgan fingerprint density at radius 1 is 1.22 bits per heavy atom. The number of urea groups is 1. The zero-order chi connectivity index (χ0) is 23.4. The Morgan fingerprint density at radius 3 is 2.50 bits per heavy atom. The van der Waals surface area contributed by atoms with Crippen LogP contribution in [-0.2, 0) is 9.53 Å². The first-order valence-corrected chi connectivity index (χ1v) is 11.8. The molecule has 2 aliphatic rings. The maximum atomic E-state index is 13.2. The summed E-state index contributed by atoms with van der Waals surface area (Å²) in [6.07, 6.45) is 2.09. The van der Waals surface area contributed by atoms with Crippen molar-refractivity contribution in [1.82, 2.24) is 20.0 Å². The van der Waals surface area contributed by atoms with Gasteiger partial charge in [-0.3, -0.25) is 9.80 Å². The molecule has 1 aromatic rings. The van der Waals surface area contributed by atoms with Gasteiger partial charge >= 0.3 is 12.0 Å². The highest BCUT2D eigenvalue weighted by Crippen LogP contribution is 2.35. The summed E-state index contributed by atoms with van der Waals surface area (Å²) in [7, 11) is 4.18. The Kier molecular flexibility index (Phi) is 8.44. The fourth-order valence-electron chi connectivity index (χ4n) is 4.40. The predicted molar refractivity (Wildman–Crippen MR) is 127 cm³/mol. The van der Waals surface area contributed by atoms with Crippen molar-refractivity contribution in [3.63, 3.8) is 0 Å². The summed E-state index contributed by atoms with van der Waals surface area (Å²) in [5, 5.41) is 3.74. The van der Waals surface area contributed by atoms with Crippen LogP contribution >= 0.6 is 23.2 Å². The Labute approximate surface area is 200 Å².